The minimum absolute atomic E-state index is 0.122. The molecule has 4 nitrogen and oxygen atoms in total. The van der Waals surface area contributed by atoms with Gasteiger partial charge in [0.1, 0.15) is 0 Å². The highest BCUT2D eigenvalue weighted by Crippen LogP contribution is 2.33. The molecular formula is C21H23N3OS. The minimum atomic E-state index is -0.238. The van der Waals surface area contributed by atoms with Crippen molar-refractivity contribution >= 4 is 28.6 Å². The monoisotopic (exact) mass is 365 g/mol. The van der Waals surface area contributed by atoms with Crippen LogP contribution in [-0.4, -0.2) is 25.7 Å². The van der Waals surface area contributed by atoms with Gasteiger partial charge in [-0.3, -0.25) is 9.36 Å². The number of hydrogen-bond acceptors (Lipinski definition) is 4. The summed E-state index contributed by atoms with van der Waals surface area (Å²) in [5, 5.41) is 1.67. The van der Waals surface area contributed by atoms with Crippen molar-refractivity contribution in [1.29, 1.82) is 0 Å². The largest absolute Gasteiger partial charge is 0.283 e. The van der Waals surface area contributed by atoms with Crippen LogP contribution in [0.3, 0.4) is 0 Å². The SMILES string of the molecule is Cc1cc(C)nc(SC(C)C(=O)n2c3c(c4ccccc42)CCCC3)n1. The van der Waals surface area contributed by atoms with E-state index in [2.05, 4.69) is 28.2 Å². The van der Waals surface area contributed by atoms with Gasteiger partial charge in [0.2, 0.25) is 5.91 Å². The molecule has 1 aromatic carbocycles. The van der Waals surface area contributed by atoms with Crippen molar-refractivity contribution in [3.63, 3.8) is 0 Å². The molecule has 0 bridgehead atoms. The second-order valence-electron chi connectivity index (χ2n) is 7.02. The number of fused-ring (bicyclic) bond motifs is 3. The zero-order valence-corrected chi connectivity index (χ0v) is 16.3. The summed E-state index contributed by atoms with van der Waals surface area (Å²) in [6, 6.07) is 10.2. The smallest absolute Gasteiger partial charge is 0.244 e. The summed E-state index contributed by atoms with van der Waals surface area (Å²) in [4.78, 5) is 22.3. The molecule has 0 fully saturated rings. The van der Waals surface area contributed by atoms with E-state index in [1.807, 2.05) is 37.5 Å². The van der Waals surface area contributed by atoms with E-state index in [0.29, 0.717) is 5.16 Å². The van der Waals surface area contributed by atoms with Crippen molar-refractivity contribution in [3.05, 3.63) is 53.0 Å². The maximum atomic E-state index is 13.4. The van der Waals surface area contributed by atoms with E-state index in [1.54, 1.807) is 0 Å². The van der Waals surface area contributed by atoms with Crippen LogP contribution in [0.4, 0.5) is 0 Å². The fourth-order valence-corrected chi connectivity index (χ4v) is 4.80. The Labute approximate surface area is 158 Å². The normalized spacial score (nSPS) is 15.0. The highest BCUT2D eigenvalue weighted by atomic mass is 32.2. The van der Waals surface area contributed by atoms with Crippen LogP contribution < -0.4 is 0 Å². The van der Waals surface area contributed by atoms with Crippen molar-refractivity contribution in [2.24, 2.45) is 0 Å². The first-order chi connectivity index (χ1) is 12.5. The molecule has 26 heavy (non-hydrogen) atoms. The van der Waals surface area contributed by atoms with Gasteiger partial charge >= 0.3 is 0 Å². The molecule has 2 aromatic heterocycles. The molecule has 1 aliphatic rings. The lowest BCUT2D eigenvalue weighted by atomic mass is 9.95. The maximum Gasteiger partial charge on any atom is 0.244 e. The Morgan fingerprint density at radius 2 is 1.81 bits per heavy atom. The zero-order valence-electron chi connectivity index (χ0n) is 15.5. The fourth-order valence-electron chi connectivity index (χ4n) is 3.88. The third kappa shape index (κ3) is 3.05. The summed E-state index contributed by atoms with van der Waals surface area (Å²) >= 11 is 1.44. The fraction of sp³-hybridized carbons (Fsp3) is 0.381. The van der Waals surface area contributed by atoms with E-state index in [1.165, 1.54) is 34.8 Å². The van der Waals surface area contributed by atoms with Crippen LogP contribution >= 0.6 is 11.8 Å². The van der Waals surface area contributed by atoms with E-state index in [0.717, 1.165) is 36.2 Å². The number of carbonyl (C=O) groups excluding carboxylic acids is 1. The molecule has 0 amide bonds. The second kappa shape index (κ2) is 6.88. The Balaban J connectivity index is 1.72. The number of carbonyl (C=O) groups is 1. The van der Waals surface area contributed by atoms with Gasteiger partial charge in [0.05, 0.1) is 10.8 Å². The first-order valence-electron chi connectivity index (χ1n) is 9.19. The highest BCUT2D eigenvalue weighted by Gasteiger charge is 2.26. The van der Waals surface area contributed by atoms with Crippen LogP contribution in [-0.2, 0) is 12.8 Å². The lowest BCUT2D eigenvalue weighted by molar-refractivity contribution is 0.0917. The summed E-state index contributed by atoms with van der Waals surface area (Å²) in [7, 11) is 0. The van der Waals surface area contributed by atoms with Crippen molar-refractivity contribution in [1.82, 2.24) is 14.5 Å². The third-order valence-electron chi connectivity index (χ3n) is 4.99. The number of nitrogens with zero attached hydrogens (tertiary/aromatic N) is 3. The molecule has 3 aromatic rings. The lowest BCUT2D eigenvalue weighted by Crippen LogP contribution is -2.24. The van der Waals surface area contributed by atoms with Crippen molar-refractivity contribution in [3.8, 4) is 0 Å². The molecule has 0 saturated heterocycles. The molecule has 1 aliphatic carbocycles. The molecule has 2 heterocycles. The van der Waals surface area contributed by atoms with Crippen LogP contribution in [0.1, 0.15) is 47.2 Å². The Bertz CT molecular complexity index is 972. The van der Waals surface area contributed by atoms with Gasteiger partial charge in [0.25, 0.3) is 0 Å². The molecule has 0 spiro atoms. The number of aromatic nitrogens is 3. The van der Waals surface area contributed by atoms with E-state index in [-0.39, 0.29) is 11.2 Å². The van der Waals surface area contributed by atoms with Gasteiger partial charge in [-0.25, -0.2) is 9.97 Å². The van der Waals surface area contributed by atoms with Gasteiger partial charge in [-0.05, 0) is 64.2 Å². The number of thioether (sulfide) groups is 1. The third-order valence-corrected chi connectivity index (χ3v) is 5.94. The van der Waals surface area contributed by atoms with Crippen LogP contribution in [0.2, 0.25) is 0 Å². The van der Waals surface area contributed by atoms with Crippen molar-refractivity contribution < 1.29 is 4.79 Å². The van der Waals surface area contributed by atoms with Crippen LogP contribution in [0.5, 0.6) is 0 Å². The minimum Gasteiger partial charge on any atom is -0.283 e. The van der Waals surface area contributed by atoms with Crippen LogP contribution in [0.25, 0.3) is 10.9 Å². The molecule has 4 rings (SSSR count). The maximum absolute atomic E-state index is 13.4. The second-order valence-corrected chi connectivity index (χ2v) is 8.32. The first-order valence-corrected chi connectivity index (χ1v) is 10.1. The summed E-state index contributed by atoms with van der Waals surface area (Å²) < 4.78 is 1.96. The van der Waals surface area contributed by atoms with Gasteiger partial charge in [0.15, 0.2) is 5.16 Å². The molecule has 134 valence electrons. The molecule has 1 unspecified atom stereocenters. The molecule has 0 radical (unpaired) electrons. The van der Waals surface area contributed by atoms with Gasteiger partial charge in [0, 0.05) is 22.5 Å². The van der Waals surface area contributed by atoms with Gasteiger partial charge in [-0.15, -0.1) is 0 Å². The Hall–Kier alpha value is -2.14. The highest BCUT2D eigenvalue weighted by molar-refractivity contribution is 8.00. The number of hydrogen-bond donors (Lipinski definition) is 0. The molecule has 0 N–H and O–H groups in total. The molecule has 0 aliphatic heterocycles. The van der Waals surface area contributed by atoms with Gasteiger partial charge in [-0.1, -0.05) is 30.0 Å². The predicted molar refractivity (Wildman–Crippen MR) is 106 cm³/mol. The zero-order chi connectivity index (χ0) is 18.3. The quantitative estimate of drug-likeness (QED) is 0.496. The topological polar surface area (TPSA) is 47.8 Å². The molecule has 5 heteroatoms. The van der Waals surface area contributed by atoms with Crippen molar-refractivity contribution in [2.45, 2.75) is 56.9 Å². The Morgan fingerprint density at radius 1 is 1.12 bits per heavy atom. The van der Waals surface area contributed by atoms with Crippen molar-refractivity contribution in [2.75, 3.05) is 0 Å². The summed E-state index contributed by atoms with van der Waals surface area (Å²) in [6.45, 7) is 5.88. The Kier molecular flexibility index (Phi) is 4.57. The predicted octanol–water partition coefficient (Wildman–Crippen LogP) is 4.75. The number of rotatable bonds is 3. The van der Waals surface area contributed by atoms with E-state index < -0.39 is 0 Å². The number of para-hydroxylation sites is 1. The number of benzene rings is 1. The number of aryl methyl sites for hydroxylation is 3. The van der Waals surface area contributed by atoms with E-state index in [4.69, 9.17) is 0 Å². The van der Waals surface area contributed by atoms with E-state index in [9.17, 15) is 4.79 Å². The summed E-state index contributed by atoms with van der Waals surface area (Å²) in [5.74, 6) is 0.122. The molecule has 1 atom stereocenters. The first kappa shape index (κ1) is 17.3. The van der Waals surface area contributed by atoms with Crippen LogP contribution in [0, 0.1) is 13.8 Å². The lowest BCUT2D eigenvalue weighted by Gasteiger charge is -2.17. The molecular weight excluding hydrogens is 342 g/mol. The summed E-state index contributed by atoms with van der Waals surface area (Å²) in [6.07, 6.45) is 4.40. The Morgan fingerprint density at radius 3 is 2.58 bits per heavy atom. The van der Waals surface area contributed by atoms with Gasteiger partial charge in [-0.2, -0.15) is 0 Å². The molecule has 0 saturated carbocycles. The standard InChI is InChI=1S/C21H23N3OS/c1-13-12-14(2)23-21(22-13)26-15(3)20(25)24-18-10-6-4-8-16(18)17-9-5-7-11-19(17)24/h4,6,8,10,12,15H,5,7,9,11H2,1-3H3. The van der Waals surface area contributed by atoms with Crippen LogP contribution in [0.15, 0.2) is 35.5 Å². The van der Waals surface area contributed by atoms with E-state index >= 15 is 0 Å². The average molecular weight is 366 g/mol. The average Bonchev–Trinajstić information content (AvgIpc) is 2.94. The van der Waals surface area contributed by atoms with Gasteiger partial charge < -0.3 is 0 Å². The summed E-state index contributed by atoms with van der Waals surface area (Å²) in [5.41, 5.74) is 5.47.